The lowest BCUT2D eigenvalue weighted by Gasteiger charge is -2.28. The average molecular weight is 188 g/mol. The van der Waals surface area contributed by atoms with Crippen molar-refractivity contribution in [3.63, 3.8) is 0 Å². The number of hydrogen-bond acceptors (Lipinski definition) is 4. The molecule has 4 nitrogen and oxygen atoms in total. The van der Waals surface area contributed by atoms with Crippen LogP contribution in [-0.2, 0) is 9.53 Å². The summed E-state index contributed by atoms with van der Waals surface area (Å²) >= 11 is 0. The van der Waals surface area contributed by atoms with Gasteiger partial charge in [0.15, 0.2) is 0 Å². The summed E-state index contributed by atoms with van der Waals surface area (Å²) in [5.74, 6) is -0.211. The van der Waals surface area contributed by atoms with E-state index in [0.717, 1.165) is 0 Å². The third kappa shape index (κ3) is 3.32. The van der Waals surface area contributed by atoms with Gasteiger partial charge in [0, 0.05) is 6.42 Å². The quantitative estimate of drug-likeness (QED) is 0.602. The highest BCUT2D eigenvalue weighted by Crippen LogP contribution is 2.27. The van der Waals surface area contributed by atoms with Crippen LogP contribution < -0.4 is 0 Å². The van der Waals surface area contributed by atoms with Crippen molar-refractivity contribution >= 4 is 5.97 Å². The molecule has 1 rings (SSSR count). The monoisotopic (exact) mass is 188 g/mol. The van der Waals surface area contributed by atoms with Crippen molar-refractivity contribution in [3.8, 4) is 0 Å². The van der Waals surface area contributed by atoms with Crippen LogP contribution in [0.15, 0.2) is 0 Å². The lowest BCUT2D eigenvalue weighted by atomic mass is 9.83. The zero-order valence-electron chi connectivity index (χ0n) is 7.77. The molecule has 2 unspecified atom stereocenters. The number of aliphatic hydroxyl groups excluding tert-OH is 2. The summed E-state index contributed by atoms with van der Waals surface area (Å²) < 4.78 is 4.52. The molecule has 0 aliphatic heterocycles. The Bertz CT molecular complexity index is 170. The number of rotatable bonds is 2. The van der Waals surface area contributed by atoms with Gasteiger partial charge in [-0.1, -0.05) is 0 Å². The van der Waals surface area contributed by atoms with Crippen molar-refractivity contribution in [2.75, 3.05) is 7.11 Å². The minimum Gasteiger partial charge on any atom is -0.469 e. The van der Waals surface area contributed by atoms with Gasteiger partial charge in [-0.3, -0.25) is 4.79 Å². The molecule has 0 aromatic rings. The fourth-order valence-electron chi connectivity index (χ4n) is 1.86. The summed E-state index contributed by atoms with van der Waals surface area (Å²) in [5, 5.41) is 18.6. The third-order valence-corrected chi connectivity index (χ3v) is 2.44. The fourth-order valence-corrected chi connectivity index (χ4v) is 1.86. The summed E-state index contributed by atoms with van der Waals surface area (Å²) in [5.41, 5.74) is 0. The Morgan fingerprint density at radius 3 is 2.31 bits per heavy atom. The highest BCUT2D eigenvalue weighted by Gasteiger charge is 2.27. The second-order valence-corrected chi connectivity index (χ2v) is 3.66. The van der Waals surface area contributed by atoms with Gasteiger partial charge in [0.25, 0.3) is 0 Å². The van der Waals surface area contributed by atoms with Crippen molar-refractivity contribution in [2.24, 2.45) is 5.92 Å². The highest BCUT2D eigenvalue weighted by molar-refractivity contribution is 5.69. The highest BCUT2D eigenvalue weighted by atomic mass is 16.5. The van der Waals surface area contributed by atoms with Crippen molar-refractivity contribution in [3.05, 3.63) is 0 Å². The minimum absolute atomic E-state index is 0.0613. The van der Waals surface area contributed by atoms with E-state index in [0.29, 0.717) is 25.7 Å². The molecule has 0 bridgehead atoms. The van der Waals surface area contributed by atoms with Crippen LogP contribution in [0.3, 0.4) is 0 Å². The van der Waals surface area contributed by atoms with Crippen LogP contribution in [0.1, 0.15) is 25.7 Å². The van der Waals surface area contributed by atoms with Crippen LogP contribution in [0.25, 0.3) is 0 Å². The molecule has 1 saturated carbocycles. The maximum atomic E-state index is 10.9. The Kier molecular flexibility index (Phi) is 3.69. The molecule has 2 atom stereocenters. The number of esters is 1. The van der Waals surface area contributed by atoms with Crippen molar-refractivity contribution in [1.82, 2.24) is 0 Å². The first kappa shape index (κ1) is 10.5. The van der Waals surface area contributed by atoms with Crippen LogP contribution in [-0.4, -0.2) is 35.5 Å². The number of carbonyl (C=O) groups is 1. The van der Waals surface area contributed by atoms with E-state index >= 15 is 0 Å². The van der Waals surface area contributed by atoms with E-state index in [1.165, 1.54) is 7.11 Å². The molecular weight excluding hydrogens is 172 g/mol. The Labute approximate surface area is 77.5 Å². The number of methoxy groups -OCH3 is 1. The molecule has 1 aliphatic rings. The van der Waals surface area contributed by atoms with Crippen LogP contribution >= 0.6 is 0 Å². The van der Waals surface area contributed by atoms with Crippen LogP contribution in [0.2, 0.25) is 0 Å². The molecule has 76 valence electrons. The van der Waals surface area contributed by atoms with Gasteiger partial charge in [0.05, 0.1) is 19.3 Å². The Balaban J connectivity index is 2.37. The fraction of sp³-hybridized carbons (Fsp3) is 0.889. The molecule has 0 aromatic carbocycles. The summed E-state index contributed by atoms with van der Waals surface area (Å²) in [6.45, 7) is 0. The molecule has 1 fully saturated rings. The largest absolute Gasteiger partial charge is 0.469 e. The molecular formula is C9H16O4. The molecule has 13 heavy (non-hydrogen) atoms. The van der Waals surface area contributed by atoms with Gasteiger partial charge in [0.2, 0.25) is 0 Å². The lowest BCUT2D eigenvalue weighted by Crippen LogP contribution is -2.30. The number of carbonyl (C=O) groups excluding carboxylic acids is 1. The topological polar surface area (TPSA) is 66.8 Å². The molecule has 2 N–H and O–H groups in total. The first-order valence-corrected chi connectivity index (χ1v) is 4.54. The maximum Gasteiger partial charge on any atom is 0.305 e. The predicted octanol–water partition coefficient (Wildman–Crippen LogP) is 0.0714. The van der Waals surface area contributed by atoms with E-state index in [1.54, 1.807) is 0 Å². The molecule has 0 heterocycles. The van der Waals surface area contributed by atoms with E-state index in [9.17, 15) is 15.0 Å². The van der Waals surface area contributed by atoms with Crippen molar-refractivity contribution in [1.29, 1.82) is 0 Å². The Hall–Kier alpha value is -0.610. The second kappa shape index (κ2) is 4.58. The zero-order chi connectivity index (χ0) is 9.84. The van der Waals surface area contributed by atoms with Crippen molar-refractivity contribution in [2.45, 2.75) is 37.9 Å². The van der Waals surface area contributed by atoms with E-state index < -0.39 is 12.2 Å². The number of aliphatic hydroxyl groups is 2. The summed E-state index contributed by atoms with van der Waals surface area (Å²) in [6.07, 6.45) is 0.956. The van der Waals surface area contributed by atoms with E-state index in [1.807, 2.05) is 0 Å². The molecule has 0 saturated heterocycles. The lowest BCUT2D eigenvalue weighted by molar-refractivity contribution is -0.142. The zero-order valence-corrected chi connectivity index (χ0v) is 7.77. The normalized spacial score (nSPS) is 34.2. The minimum atomic E-state index is -0.474. The average Bonchev–Trinajstić information content (AvgIpc) is 2.02. The third-order valence-electron chi connectivity index (χ3n) is 2.44. The Morgan fingerprint density at radius 1 is 1.31 bits per heavy atom. The Morgan fingerprint density at radius 2 is 1.85 bits per heavy atom. The number of hydrogen-bond donors (Lipinski definition) is 2. The summed E-state index contributed by atoms with van der Waals surface area (Å²) in [6, 6.07) is 0. The predicted molar refractivity (Wildman–Crippen MR) is 46.0 cm³/mol. The van der Waals surface area contributed by atoms with Gasteiger partial charge in [-0.05, 0) is 25.2 Å². The first-order valence-electron chi connectivity index (χ1n) is 4.54. The summed E-state index contributed by atoms with van der Waals surface area (Å²) in [7, 11) is 1.35. The van der Waals surface area contributed by atoms with E-state index in [2.05, 4.69) is 4.74 Å². The van der Waals surface area contributed by atoms with Gasteiger partial charge < -0.3 is 14.9 Å². The van der Waals surface area contributed by atoms with Crippen LogP contribution in [0, 0.1) is 5.92 Å². The first-order chi connectivity index (χ1) is 6.11. The standard InChI is InChI=1S/C9H16O4/c1-13-9(12)4-6-2-7(10)5-8(11)3-6/h6-8,10-11H,2-5H2,1H3. The molecule has 0 aromatic heterocycles. The molecule has 0 spiro atoms. The number of ether oxygens (including phenoxy) is 1. The van der Waals surface area contributed by atoms with Gasteiger partial charge >= 0.3 is 5.97 Å². The van der Waals surface area contributed by atoms with E-state index in [-0.39, 0.29) is 11.9 Å². The van der Waals surface area contributed by atoms with Crippen LogP contribution in [0.5, 0.6) is 0 Å². The van der Waals surface area contributed by atoms with Gasteiger partial charge in [-0.2, -0.15) is 0 Å². The van der Waals surface area contributed by atoms with Crippen molar-refractivity contribution < 1.29 is 19.7 Å². The molecule has 0 amide bonds. The van der Waals surface area contributed by atoms with Gasteiger partial charge in [0.1, 0.15) is 0 Å². The molecule has 1 aliphatic carbocycles. The van der Waals surface area contributed by atoms with Gasteiger partial charge in [-0.15, -0.1) is 0 Å². The van der Waals surface area contributed by atoms with Crippen LogP contribution in [0.4, 0.5) is 0 Å². The SMILES string of the molecule is COC(=O)CC1CC(O)CC(O)C1. The second-order valence-electron chi connectivity index (χ2n) is 3.66. The molecule has 0 radical (unpaired) electrons. The summed E-state index contributed by atoms with van der Waals surface area (Å²) in [4.78, 5) is 10.9. The molecule has 4 heteroatoms. The smallest absolute Gasteiger partial charge is 0.305 e. The maximum absolute atomic E-state index is 10.9. The van der Waals surface area contributed by atoms with Gasteiger partial charge in [-0.25, -0.2) is 0 Å². The van der Waals surface area contributed by atoms with E-state index in [4.69, 9.17) is 0 Å².